The molecule has 0 aromatic heterocycles. The molecule has 0 atom stereocenters. The number of hydrogen-bond donors (Lipinski definition) is 4. The summed E-state index contributed by atoms with van der Waals surface area (Å²) >= 11 is 0. The minimum absolute atomic E-state index is 0.0701. The van der Waals surface area contributed by atoms with Crippen molar-refractivity contribution in [2.24, 2.45) is 0 Å². The number of carbonyl (C=O) groups excluding carboxylic acids is 1. The van der Waals surface area contributed by atoms with E-state index in [0.717, 1.165) is 44.6 Å². The summed E-state index contributed by atoms with van der Waals surface area (Å²) in [5.74, 6) is -6.99. The average molecular weight is 464 g/mol. The second-order valence-corrected chi connectivity index (χ2v) is 7.37. The molecule has 1 aromatic carbocycles. The molecule has 180 valence electrons. The van der Waals surface area contributed by atoms with E-state index in [1.165, 1.54) is 0 Å². The molecule has 1 aromatic rings. The van der Waals surface area contributed by atoms with Crippen molar-refractivity contribution >= 4 is 29.8 Å². The molecule has 0 spiro atoms. The summed E-state index contributed by atoms with van der Waals surface area (Å²) in [6, 6.07) is 0.583. The highest BCUT2D eigenvalue weighted by atomic mass is 16.5. The van der Waals surface area contributed by atoms with Gasteiger partial charge in [0.1, 0.15) is 0 Å². The molecule has 0 saturated carbocycles. The third-order valence-corrected chi connectivity index (χ3v) is 5.05. The maximum Gasteiger partial charge on any atom is 0.336 e. The van der Waals surface area contributed by atoms with Crippen LogP contribution in [0.2, 0.25) is 0 Å². The van der Waals surface area contributed by atoms with Crippen LogP contribution in [0.25, 0.3) is 0 Å². The molecule has 0 saturated heterocycles. The molecule has 0 aliphatic carbocycles. The normalized spacial score (nSPS) is 10.4. The summed E-state index contributed by atoms with van der Waals surface area (Å²) in [4.78, 5) is 57.3. The van der Waals surface area contributed by atoms with Gasteiger partial charge in [0.2, 0.25) is 0 Å². The van der Waals surface area contributed by atoms with E-state index in [1.54, 1.807) is 0 Å². The second-order valence-electron chi connectivity index (χ2n) is 7.37. The Balaban J connectivity index is 2.72. The van der Waals surface area contributed by atoms with Gasteiger partial charge in [-0.1, -0.05) is 45.1 Å². The van der Waals surface area contributed by atoms with Crippen LogP contribution in [-0.4, -0.2) is 56.9 Å². The summed E-state index contributed by atoms with van der Waals surface area (Å²) in [6.07, 6.45) is 7.26. The molecule has 0 heterocycles. The van der Waals surface area contributed by atoms with Crippen molar-refractivity contribution in [2.45, 2.75) is 57.8 Å². The Morgan fingerprint density at radius 2 is 1.12 bits per heavy atom. The Hall–Kier alpha value is -3.69. The second kappa shape index (κ2) is 13.7. The molecular weight excluding hydrogens is 436 g/mol. The monoisotopic (exact) mass is 464 g/mol. The Morgan fingerprint density at radius 1 is 0.697 bits per heavy atom. The van der Waals surface area contributed by atoms with Crippen LogP contribution in [0.15, 0.2) is 18.7 Å². The smallest absolute Gasteiger partial charge is 0.336 e. The van der Waals surface area contributed by atoms with Gasteiger partial charge in [0.15, 0.2) is 0 Å². The van der Waals surface area contributed by atoms with Crippen molar-refractivity contribution in [3.8, 4) is 0 Å². The van der Waals surface area contributed by atoms with Crippen molar-refractivity contribution in [3.05, 3.63) is 46.5 Å². The first-order valence-corrected chi connectivity index (χ1v) is 10.5. The fourth-order valence-electron chi connectivity index (χ4n) is 3.51. The fraction of sp³-hybridized carbons (Fsp3) is 0.435. The molecule has 4 N–H and O–H groups in total. The summed E-state index contributed by atoms with van der Waals surface area (Å²) in [5.41, 5.74) is -3.18. The molecule has 33 heavy (non-hydrogen) atoms. The molecule has 0 radical (unpaired) electrons. The molecule has 1 rings (SSSR count). The van der Waals surface area contributed by atoms with E-state index in [1.807, 2.05) is 0 Å². The number of carboxylic acid groups (broad SMARTS) is 4. The van der Waals surface area contributed by atoms with Crippen molar-refractivity contribution in [3.63, 3.8) is 0 Å². The third kappa shape index (κ3) is 8.40. The highest BCUT2D eigenvalue weighted by molar-refractivity contribution is 6.10. The molecular formula is C23H28O10. The molecule has 0 fully saturated rings. The lowest BCUT2D eigenvalue weighted by atomic mass is 9.88. The maximum absolute atomic E-state index is 11.7. The number of rotatable bonds is 16. The number of carboxylic acids is 4. The van der Waals surface area contributed by atoms with Crippen LogP contribution in [0.5, 0.6) is 0 Å². The van der Waals surface area contributed by atoms with Gasteiger partial charge in [0.05, 0.1) is 28.9 Å². The van der Waals surface area contributed by atoms with Crippen molar-refractivity contribution < 1.29 is 49.1 Å². The summed E-state index contributed by atoms with van der Waals surface area (Å²) in [7, 11) is 0. The predicted octanol–water partition coefficient (Wildman–Crippen LogP) is 3.87. The van der Waals surface area contributed by atoms with Gasteiger partial charge in [-0.2, -0.15) is 0 Å². The Labute approximate surface area is 190 Å². The van der Waals surface area contributed by atoms with E-state index in [9.17, 15) is 44.4 Å². The number of carbonyl (C=O) groups is 5. The van der Waals surface area contributed by atoms with E-state index in [-0.39, 0.29) is 12.0 Å². The zero-order valence-corrected chi connectivity index (χ0v) is 18.2. The first kappa shape index (κ1) is 27.3. The average Bonchev–Trinajstić information content (AvgIpc) is 2.75. The molecule has 10 nitrogen and oxygen atoms in total. The molecule has 0 unspecified atom stereocenters. The highest BCUT2D eigenvalue weighted by Crippen LogP contribution is 2.27. The van der Waals surface area contributed by atoms with E-state index < -0.39 is 52.1 Å². The van der Waals surface area contributed by atoms with E-state index in [4.69, 9.17) is 4.74 Å². The van der Waals surface area contributed by atoms with Crippen LogP contribution in [0.1, 0.15) is 98.4 Å². The molecule has 0 bridgehead atoms. The van der Waals surface area contributed by atoms with Crippen molar-refractivity contribution in [1.29, 1.82) is 0 Å². The van der Waals surface area contributed by atoms with Crippen molar-refractivity contribution in [1.82, 2.24) is 0 Å². The minimum atomic E-state index is -1.65. The van der Waals surface area contributed by atoms with Gasteiger partial charge in [-0.15, -0.1) is 0 Å². The number of unbranched alkanes of at least 4 members (excludes halogenated alkanes) is 7. The predicted molar refractivity (Wildman–Crippen MR) is 116 cm³/mol. The molecule has 0 aliphatic heterocycles. The van der Waals surface area contributed by atoms with Gasteiger partial charge in [0.25, 0.3) is 0 Å². The first-order chi connectivity index (χ1) is 15.6. The van der Waals surface area contributed by atoms with E-state index in [2.05, 4.69) is 6.58 Å². The standard InChI is InChI=1S/C23H28O10/c1-2-17(24)33-12-10-8-6-4-3-5-7-9-11-14-18(22(29)30)15(20(25)26)13-16(21(27)28)19(14)23(31)32/h2,13H,1,3-12H2,(H,25,26)(H,27,28)(H,29,30)(H,31,32). The van der Waals surface area contributed by atoms with Crippen LogP contribution in [0.4, 0.5) is 0 Å². The summed E-state index contributed by atoms with van der Waals surface area (Å²) < 4.78 is 4.88. The van der Waals surface area contributed by atoms with Crippen LogP contribution < -0.4 is 0 Å². The fourth-order valence-corrected chi connectivity index (χ4v) is 3.51. The van der Waals surface area contributed by atoms with Crippen LogP contribution in [0.3, 0.4) is 0 Å². The quantitative estimate of drug-likeness (QED) is 0.160. The summed E-state index contributed by atoms with van der Waals surface area (Å²) in [5, 5.41) is 37.7. The zero-order chi connectivity index (χ0) is 25.0. The summed E-state index contributed by atoms with van der Waals surface area (Å²) in [6.45, 7) is 3.65. The van der Waals surface area contributed by atoms with Gasteiger partial charge in [-0.25, -0.2) is 24.0 Å². The molecule has 0 amide bonds. The Morgan fingerprint density at radius 3 is 1.52 bits per heavy atom. The molecule has 0 aliphatic rings. The number of esters is 1. The van der Waals surface area contributed by atoms with Gasteiger partial charge in [-0.3, -0.25) is 0 Å². The lowest BCUT2D eigenvalue weighted by molar-refractivity contribution is -0.137. The number of benzene rings is 1. The van der Waals surface area contributed by atoms with Crippen LogP contribution in [-0.2, 0) is 16.0 Å². The first-order valence-electron chi connectivity index (χ1n) is 10.5. The zero-order valence-electron chi connectivity index (χ0n) is 18.2. The SMILES string of the molecule is C=CC(=O)OCCCCCCCCCCc1c(C(=O)O)c(C(=O)O)cc(C(=O)O)c1C(=O)O. The minimum Gasteiger partial charge on any atom is -0.478 e. The highest BCUT2D eigenvalue weighted by Gasteiger charge is 2.30. The van der Waals surface area contributed by atoms with Gasteiger partial charge < -0.3 is 25.2 Å². The van der Waals surface area contributed by atoms with Gasteiger partial charge >= 0.3 is 29.8 Å². The number of ether oxygens (including phenoxy) is 1. The maximum atomic E-state index is 11.7. The number of hydrogen-bond acceptors (Lipinski definition) is 6. The third-order valence-electron chi connectivity index (χ3n) is 5.05. The lowest BCUT2D eigenvalue weighted by Gasteiger charge is -2.15. The topological polar surface area (TPSA) is 176 Å². The number of aromatic carboxylic acids is 4. The van der Waals surface area contributed by atoms with E-state index in [0.29, 0.717) is 25.5 Å². The van der Waals surface area contributed by atoms with Crippen LogP contribution in [0, 0.1) is 0 Å². The van der Waals surface area contributed by atoms with Gasteiger partial charge in [0, 0.05) is 6.08 Å². The van der Waals surface area contributed by atoms with Crippen molar-refractivity contribution in [2.75, 3.05) is 6.61 Å². The largest absolute Gasteiger partial charge is 0.478 e. The Bertz CT molecular complexity index is 866. The lowest BCUT2D eigenvalue weighted by Crippen LogP contribution is -2.20. The Kier molecular flexibility index (Phi) is 11.3. The van der Waals surface area contributed by atoms with Gasteiger partial charge in [-0.05, 0) is 30.9 Å². The van der Waals surface area contributed by atoms with E-state index >= 15 is 0 Å². The molecule has 10 heteroatoms. The van der Waals surface area contributed by atoms with Crippen LogP contribution >= 0.6 is 0 Å².